The normalized spacial score (nSPS) is 10.9. The number of para-hydroxylation sites is 1. The zero-order chi connectivity index (χ0) is 19.0. The van der Waals surface area contributed by atoms with Gasteiger partial charge in [0.1, 0.15) is 11.5 Å². The number of amides is 1. The third-order valence-electron chi connectivity index (χ3n) is 4.15. The van der Waals surface area contributed by atoms with Crippen LogP contribution >= 0.6 is 23.2 Å². The number of benzene rings is 2. The fraction of sp³-hybridized carbons (Fsp3) is 0.0476. The summed E-state index contributed by atoms with van der Waals surface area (Å²) in [6.07, 6.45) is 0. The van der Waals surface area contributed by atoms with Gasteiger partial charge in [-0.15, -0.1) is 0 Å². The summed E-state index contributed by atoms with van der Waals surface area (Å²) in [5, 5.41) is 4.24. The van der Waals surface area contributed by atoms with Gasteiger partial charge in [-0.2, -0.15) is 0 Å². The number of halogens is 2. The largest absolute Gasteiger partial charge is 0.460 e. The first kappa shape index (κ1) is 17.6. The molecule has 4 rings (SSSR count). The van der Waals surface area contributed by atoms with Crippen LogP contribution in [0.4, 0.5) is 5.69 Å². The molecular weight excluding hydrogens is 383 g/mol. The predicted octanol–water partition coefficient (Wildman–Crippen LogP) is 6.36. The van der Waals surface area contributed by atoms with E-state index in [1.807, 2.05) is 43.3 Å². The van der Waals surface area contributed by atoms with Crippen LogP contribution in [-0.4, -0.2) is 10.9 Å². The second-order valence-electron chi connectivity index (χ2n) is 6.04. The van der Waals surface area contributed by atoms with E-state index in [9.17, 15) is 4.79 Å². The summed E-state index contributed by atoms with van der Waals surface area (Å²) >= 11 is 12.2. The highest BCUT2D eigenvalue weighted by Crippen LogP contribution is 2.31. The number of pyridine rings is 1. The number of fused-ring (bicyclic) bond motifs is 1. The van der Waals surface area contributed by atoms with Crippen LogP contribution in [0.5, 0.6) is 0 Å². The van der Waals surface area contributed by atoms with Crippen molar-refractivity contribution in [3.05, 3.63) is 82.0 Å². The van der Waals surface area contributed by atoms with Gasteiger partial charge < -0.3 is 9.73 Å². The number of aromatic nitrogens is 1. The van der Waals surface area contributed by atoms with E-state index in [1.165, 1.54) is 0 Å². The Morgan fingerprint density at radius 1 is 1.04 bits per heavy atom. The Hall–Kier alpha value is -2.82. The molecule has 2 aromatic carbocycles. The molecule has 2 heterocycles. The molecule has 2 aromatic heterocycles. The van der Waals surface area contributed by atoms with Crippen LogP contribution < -0.4 is 5.32 Å². The lowest BCUT2D eigenvalue weighted by Crippen LogP contribution is -2.13. The topological polar surface area (TPSA) is 55.1 Å². The van der Waals surface area contributed by atoms with E-state index in [0.717, 1.165) is 11.1 Å². The Morgan fingerprint density at radius 3 is 2.63 bits per heavy atom. The van der Waals surface area contributed by atoms with Crippen molar-refractivity contribution in [1.82, 2.24) is 4.98 Å². The molecule has 1 amide bonds. The van der Waals surface area contributed by atoms with E-state index in [1.54, 1.807) is 24.3 Å². The number of hydrogen-bond donors (Lipinski definition) is 1. The smallest absolute Gasteiger partial charge is 0.256 e. The molecule has 0 radical (unpaired) electrons. The zero-order valence-electron chi connectivity index (χ0n) is 14.3. The van der Waals surface area contributed by atoms with Crippen molar-refractivity contribution >= 4 is 45.7 Å². The van der Waals surface area contributed by atoms with E-state index in [2.05, 4.69) is 10.3 Å². The minimum Gasteiger partial charge on any atom is -0.460 e. The van der Waals surface area contributed by atoms with Gasteiger partial charge >= 0.3 is 0 Å². The van der Waals surface area contributed by atoms with Crippen LogP contribution in [0.2, 0.25) is 10.0 Å². The Labute approximate surface area is 165 Å². The quantitative estimate of drug-likeness (QED) is 0.438. The molecule has 0 aliphatic heterocycles. The molecule has 4 aromatic rings. The number of rotatable bonds is 3. The highest BCUT2D eigenvalue weighted by atomic mass is 35.5. The fourth-order valence-corrected chi connectivity index (χ4v) is 3.20. The van der Waals surface area contributed by atoms with Crippen molar-refractivity contribution in [3.63, 3.8) is 0 Å². The van der Waals surface area contributed by atoms with E-state index in [-0.39, 0.29) is 5.91 Å². The monoisotopic (exact) mass is 396 g/mol. The van der Waals surface area contributed by atoms with Gasteiger partial charge in [0, 0.05) is 5.39 Å². The van der Waals surface area contributed by atoms with E-state index < -0.39 is 0 Å². The minimum atomic E-state index is -0.303. The van der Waals surface area contributed by atoms with Gasteiger partial charge in [0.2, 0.25) is 0 Å². The molecule has 0 aliphatic carbocycles. The van der Waals surface area contributed by atoms with E-state index >= 15 is 0 Å². The standard InChI is InChI=1S/C21H14Cl2N2O2/c1-12-9-10-19(27-12)18-11-14(13-5-2-3-7-16(13)24-18)21(26)25-17-8-4-6-15(22)20(17)23/h2-11H,1H3,(H,25,26). The van der Waals surface area contributed by atoms with Crippen molar-refractivity contribution < 1.29 is 9.21 Å². The highest BCUT2D eigenvalue weighted by molar-refractivity contribution is 6.44. The molecule has 0 unspecified atom stereocenters. The average molecular weight is 397 g/mol. The first-order chi connectivity index (χ1) is 13.0. The molecule has 134 valence electrons. The summed E-state index contributed by atoms with van der Waals surface area (Å²) < 4.78 is 5.67. The van der Waals surface area contributed by atoms with Crippen molar-refractivity contribution in [3.8, 4) is 11.5 Å². The van der Waals surface area contributed by atoms with E-state index in [0.29, 0.717) is 38.3 Å². The third kappa shape index (κ3) is 3.42. The van der Waals surface area contributed by atoms with Gasteiger partial charge in [-0.3, -0.25) is 4.79 Å². The molecule has 4 nitrogen and oxygen atoms in total. The summed E-state index contributed by atoms with van der Waals surface area (Å²) in [5.74, 6) is 1.08. The SMILES string of the molecule is Cc1ccc(-c2cc(C(=O)Nc3cccc(Cl)c3Cl)c3ccccc3n2)o1. The molecule has 0 aliphatic rings. The zero-order valence-corrected chi connectivity index (χ0v) is 15.8. The summed E-state index contributed by atoms with van der Waals surface area (Å²) in [7, 11) is 0. The summed E-state index contributed by atoms with van der Waals surface area (Å²) in [6, 6.07) is 18.0. The summed E-state index contributed by atoms with van der Waals surface area (Å²) in [5.41, 5.74) is 2.21. The lowest BCUT2D eigenvalue weighted by atomic mass is 10.1. The Kier molecular flexibility index (Phi) is 4.60. The van der Waals surface area contributed by atoms with Gasteiger partial charge in [-0.25, -0.2) is 4.98 Å². The Bertz CT molecular complexity index is 1170. The molecule has 0 saturated heterocycles. The first-order valence-electron chi connectivity index (χ1n) is 8.25. The van der Waals surface area contributed by atoms with Crippen LogP contribution in [0.1, 0.15) is 16.1 Å². The molecule has 0 saturated carbocycles. The maximum absolute atomic E-state index is 13.0. The van der Waals surface area contributed by atoms with Crippen LogP contribution in [0.15, 0.2) is 65.1 Å². The van der Waals surface area contributed by atoms with Crippen LogP contribution in [0.25, 0.3) is 22.4 Å². The Balaban J connectivity index is 1.82. The number of carbonyl (C=O) groups is 1. The van der Waals surface area contributed by atoms with Gasteiger partial charge in [0.15, 0.2) is 5.76 Å². The maximum atomic E-state index is 13.0. The number of aryl methyl sites for hydroxylation is 1. The first-order valence-corrected chi connectivity index (χ1v) is 9.00. The molecule has 0 fully saturated rings. The minimum absolute atomic E-state index is 0.299. The van der Waals surface area contributed by atoms with Crippen LogP contribution in [0.3, 0.4) is 0 Å². The second kappa shape index (κ2) is 7.06. The Morgan fingerprint density at radius 2 is 1.85 bits per heavy atom. The molecule has 27 heavy (non-hydrogen) atoms. The number of anilines is 1. The molecule has 0 spiro atoms. The van der Waals surface area contributed by atoms with Gasteiger partial charge in [0.05, 0.1) is 26.8 Å². The van der Waals surface area contributed by atoms with Crippen molar-refractivity contribution in [2.45, 2.75) is 6.92 Å². The number of furan rings is 1. The lowest BCUT2D eigenvalue weighted by molar-refractivity contribution is 0.102. The van der Waals surface area contributed by atoms with Crippen molar-refractivity contribution in [2.75, 3.05) is 5.32 Å². The van der Waals surface area contributed by atoms with Gasteiger partial charge in [0.25, 0.3) is 5.91 Å². The maximum Gasteiger partial charge on any atom is 0.256 e. The number of carbonyl (C=O) groups excluding carboxylic acids is 1. The predicted molar refractivity (Wildman–Crippen MR) is 109 cm³/mol. The molecule has 6 heteroatoms. The van der Waals surface area contributed by atoms with Crippen molar-refractivity contribution in [1.29, 1.82) is 0 Å². The molecule has 0 atom stereocenters. The van der Waals surface area contributed by atoms with Crippen molar-refractivity contribution in [2.24, 2.45) is 0 Å². The fourth-order valence-electron chi connectivity index (χ4n) is 2.85. The average Bonchev–Trinajstić information content (AvgIpc) is 3.11. The number of hydrogen-bond acceptors (Lipinski definition) is 3. The third-order valence-corrected chi connectivity index (χ3v) is 4.97. The second-order valence-corrected chi connectivity index (χ2v) is 6.82. The molecule has 0 bridgehead atoms. The molecule has 1 N–H and O–H groups in total. The highest BCUT2D eigenvalue weighted by Gasteiger charge is 2.17. The lowest BCUT2D eigenvalue weighted by Gasteiger charge is -2.11. The molecular formula is C21H14Cl2N2O2. The van der Waals surface area contributed by atoms with Gasteiger partial charge in [-0.1, -0.05) is 47.5 Å². The van der Waals surface area contributed by atoms with Gasteiger partial charge in [-0.05, 0) is 43.3 Å². The number of nitrogens with one attached hydrogen (secondary N) is 1. The number of nitrogens with zero attached hydrogens (tertiary/aromatic N) is 1. The summed E-state index contributed by atoms with van der Waals surface area (Å²) in [4.78, 5) is 17.6. The van der Waals surface area contributed by atoms with Crippen LogP contribution in [-0.2, 0) is 0 Å². The summed E-state index contributed by atoms with van der Waals surface area (Å²) in [6.45, 7) is 1.86. The van der Waals surface area contributed by atoms with E-state index in [4.69, 9.17) is 27.6 Å². The van der Waals surface area contributed by atoms with Crippen LogP contribution in [0, 0.1) is 6.92 Å².